The Morgan fingerprint density at radius 2 is 1.90 bits per heavy atom. The summed E-state index contributed by atoms with van der Waals surface area (Å²) in [6.45, 7) is 3.62. The van der Waals surface area contributed by atoms with E-state index in [0.717, 1.165) is 11.1 Å². The molecule has 1 amide bonds. The lowest BCUT2D eigenvalue weighted by atomic mass is 10.0. The highest BCUT2D eigenvalue weighted by Gasteiger charge is 2.21. The van der Waals surface area contributed by atoms with Crippen molar-refractivity contribution in [2.24, 2.45) is 0 Å². The number of benzene rings is 2. The molecule has 31 heavy (non-hydrogen) atoms. The molecule has 0 saturated heterocycles. The Labute approximate surface area is 194 Å². The number of nitrogens with one attached hydrogen (secondary N) is 1. The number of aromatic nitrogens is 2. The molecular formula is C22H19Cl3FN3O2. The first-order chi connectivity index (χ1) is 14.8. The van der Waals surface area contributed by atoms with Gasteiger partial charge < -0.3 is 10.1 Å². The van der Waals surface area contributed by atoms with Crippen LogP contribution < -0.4 is 10.1 Å². The summed E-state index contributed by atoms with van der Waals surface area (Å²) < 4.78 is 19.8. The Morgan fingerprint density at radius 1 is 1.13 bits per heavy atom. The number of ether oxygens (including phenoxy) is 1. The topological polar surface area (TPSA) is 64.1 Å². The van der Waals surface area contributed by atoms with Gasteiger partial charge in [-0.2, -0.15) is 5.10 Å². The van der Waals surface area contributed by atoms with E-state index in [1.165, 1.54) is 24.3 Å². The zero-order valence-corrected chi connectivity index (χ0v) is 19.0. The van der Waals surface area contributed by atoms with Crippen molar-refractivity contribution < 1.29 is 13.9 Å². The monoisotopic (exact) mass is 481 g/mol. The molecule has 0 saturated carbocycles. The first kappa shape index (κ1) is 23.3. The van der Waals surface area contributed by atoms with Gasteiger partial charge in [-0.3, -0.25) is 4.79 Å². The minimum Gasteiger partial charge on any atom is -0.434 e. The van der Waals surface area contributed by atoms with Gasteiger partial charge in [0.25, 0.3) is 11.8 Å². The fraction of sp³-hybridized carbons (Fsp3) is 0.227. The SMILES string of the molecule is Cc1ccc(C[C@@H](CCl)NC(=O)c2cc(C)nnc2Oc2cccc(Cl)c2F)c(Cl)c1. The number of carbonyl (C=O) groups is 1. The van der Waals surface area contributed by atoms with E-state index in [9.17, 15) is 9.18 Å². The predicted octanol–water partition coefficient (Wildman–Crippen LogP) is 5.91. The fourth-order valence-corrected chi connectivity index (χ4v) is 3.54. The third-order valence-corrected chi connectivity index (χ3v) is 5.46. The smallest absolute Gasteiger partial charge is 0.257 e. The highest BCUT2D eigenvalue weighted by molar-refractivity contribution is 6.31. The van der Waals surface area contributed by atoms with Gasteiger partial charge >= 0.3 is 0 Å². The standard InChI is InChI=1S/C22H19Cl3FN3O2/c1-12-6-7-14(18(25)8-12)10-15(11-23)27-21(30)16-9-13(2)28-29-22(16)31-19-5-3-4-17(24)20(19)26/h3-9,15H,10-11H2,1-2H3,(H,27,30)/t15-/m0/s1. The third kappa shape index (κ3) is 5.85. The van der Waals surface area contributed by atoms with E-state index in [4.69, 9.17) is 39.5 Å². The second-order valence-electron chi connectivity index (χ2n) is 6.98. The van der Waals surface area contributed by atoms with Crippen LogP contribution >= 0.6 is 34.8 Å². The molecular weight excluding hydrogens is 464 g/mol. The van der Waals surface area contributed by atoms with E-state index in [1.807, 2.05) is 25.1 Å². The average molecular weight is 483 g/mol. The molecule has 3 aromatic rings. The molecule has 3 rings (SSSR count). The van der Waals surface area contributed by atoms with Crippen LogP contribution in [0, 0.1) is 19.7 Å². The Kier molecular flexibility index (Phi) is 7.70. The normalized spacial score (nSPS) is 11.8. The zero-order chi connectivity index (χ0) is 22.5. The quantitative estimate of drug-likeness (QED) is 0.425. The van der Waals surface area contributed by atoms with Crippen LogP contribution in [0.3, 0.4) is 0 Å². The molecule has 5 nitrogen and oxygen atoms in total. The second kappa shape index (κ2) is 10.3. The maximum atomic E-state index is 14.2. The number of nitrogens with zero attached hydrogens (tertiary/aromatic N) is 2. The minimum atomic E-state index is -0.759. The minimum absolute atomic E-state index is 0.0944. The molecule has 0 unspecified atom stereocenters. The molecule has 2 aromatic carbocycles. The van der Waals surface area contributed by atoms with E-state index >= 15 is 0 Å². The van der Waals surface area contributed by atoms with Crippen LogP contribution in [0.15, 0.2) is 42.5 Å². The van der Waals surface area contributed by atoms with Crippen molar-refractivity contribution >= 4 is 40.7 Å². The van der Waals surface area contributed by atoms with Crippen molar-refractivity contribution in [1.29, 1.82) is 0 Å². The maximum absolute atomic E-state index is 14.2. The van der Waals surface area contributed by atoms with Crippen LogP contribution in [-0.4, -0.2) is 28.0 Å². The van der Waals surface area contributed by atoms with E-state index in [1.54, 1.807) is 6.92 Å². The number of alkyl halides is 1. The number of carbonyl (C=O) groups excluding carboxylic acids is 1. The van der Waals surface area contributed by atoms with Crippen molar-refractivity contribution in [3.05, 3.63) is 80.7 Å². The molecule has 0 spiro atoms. The van der Waals surface area contributed by atoms with E-state index in [-0.39, 0.29) is 28.1 Å². The Balaban J connectivity index is 1.83. The molecule has 1 N–H and O–H groups in total. The summed E-state index contributed by atoms with van der Waals surface area (Å²) in [5, 5.41) is 11.2. The van der Waals surface area contributed by atoms with E-state index < -0.39 is 17.8 Å². The van der Waals surface area contributed by atoms with Crippen LogP contribution in [0.1, 0.15) is 27.2 Å². The first-order valence-electron chi connectivity index (χ1n) is 9.36. The summed E-state index contributed by atoms with van der Waals surface area (Å²) in [5.74, 6) is -1.40. The Hall–Kier alpha value is -2.41. The summed E-state index contributed by atoms with van der Waals surface area (Å²) in [7, 11) is 0. The number of hydrogen-bond donors (Lipinski definition) is 1. The first-order valence-corrected chi connectivity index (χ1v) is 10.7. The number of hydrogen-bond acceptors (Lipinski definition) is 4. The lowest BCUT2D eigenvalue weighted by Crippen LogP contribution is -2.38. The lowest BCUT2D eigenvalue weighted by molar-refractivity contribution is 0.0937. The molecule has 0 fully saturated rings. The van der Waals surface area contributed by atoms with Crippen LogP contribution in [0.25, 0.3) is 0 Å². The maximum Gasteiger partial charge on any atom is 0.257 e. The molecule has 1 heterocycles. The van der Waals surface area contributed by atoms with Crippen molar-refractivity contribution in [3.63, 3.8) is 0 Å². The summed E-state index contributed by atoms with van der Waals surface area (Å²) in [5.41, 5.74) is 2.48. The molecule has 162 valence electrons. The van der Waals surface area contributed by atoms with Crippen LogP contribution in [0.5, 0.6) is 11.6 Å². The van der Waals surface area contributed by atoms with Crippen LogP contribution in [0.4, 0.5) is 4.39 Å². The highest BCUT2D eigenvalue weighted by Crippen LogP contribution is 2.29. The summed E-state index contributed by atoms with van der Waals surface area (Å²) in [4.78, 5) is 13.0. The van der Waals surface area contributed by atoms with Gasteiger partial charge in [0.05, 0.1) is 10.7 Å². The van der Waals surface area contributed by atoms with Gasteiger partial charge in [0.15, 0.2) is 11.6 Å². The molecule has 0 aliphatic rings. The molecule has 1 aromatic heterocycles. The van der Waals surface area contributed by atoms with Crippen molar-refractivity contribution in [1.82, 2.24) is 15.5 Å². The molecule has 0 bridgehead atoms. The second-order valence-corrected chi connectivity index (χ2v) is 8.11. The Morgan fingerprint density at radius 3 is 2.61 bits per heavy atom. The third-order valence-electron chi connectivity index (χ3n) is 4.45. The summed E-state index contributed by atoms with van der Waals surface area (Å²) in [6, 6.07) is 11.1. The van der Waals surface area contributed by atoms with Crippen molar-refractivity contribution in [3.8, 4) is 11.6 Å². The molecule has 9 heteroatoms. The van der Waals surface area contributed by atoms with Gasteiger partial charge in [-0.25, -0.2) is 4.39 Å². The summed E-state index contributed by atoms with van der Waals surface area (Å²) >= 11 is 18.2. The van der Waals surface area contributed by atoms with Gasteiger partial charge in [-0.15, -0.1) is 16.7 Å². The summed E-state index contributed by atoms with van der Waals surface area (Å²) in [6.07, 6.45) is 0.435. The largest absolute Gasteiger partial charge is 0.434 e. The average Bonchev–Trinajstić information content (AvgIpc) is 2.73. The zero-order valence-electron chi connectivity index (χ0n) is 16.8. The van der Waals surface area contributed by atoms with Crippen molar-refractivity contribution in [2.45, 2.75) is 26.3 Å². The van der Waals surface area contributed by atoms with Gasteiger partial charge in [0.2, 0.25) is 0 Å². The van der Waals surface area contributed by atoms with Gasteiger partial charge in [0, 0.05) is 16.9 Å². The predicted molar refractivity (Wildman–Crippen MR) is 120 cm³/mol. The number of amides is 1. The van der Waals surface area contributed by atoms with Gasteiger partial charge in [0.1, 0.15) is 5.56 Å². The fourth-order valence-electron chi connectivity index (χ4n) is 2.87. The van der Waals surface area contributed by atoms with E-state index in [2.05, 4.69) is 15.5 Å². The van der Waals surface area contributed by atoms with Crippen LogP contribution in [-0.2, 0) is 6.42 Å². The molecule has 1 atom stereocenters. The lowest BCUT2D eigenvalue weighted by Gasteiger charge is -2.18. The molecule has 0 radical (unpaired) electrons. The molecule has 0 aliphatic heterocycles. The number of aryl methyl sites for hydroxylation is 2. The highest BCUT2D eigenvalue weighted by atomic mass is 35.5. The van der Waals surface area contributed by atoms with E-state index in [0.29, 0.717) is 17.1 Å². The van der Waals surface area contributed by atoms with Crippen molar-refractivity contribution in [2.75, 3.05) is 5.88 Å². The Bertz CT molecular complexity index is 1110. The number of rotatable bonds is 7. The molecule has 0 aliphatic carbocycles. The van der Waals surface area contributed by atoms with Crippen LogP contribution in [0.2, 0.25) is 10.0 Å². The number of halogens is 4. The van der Waals surface area contributed by atoms with Gasteiger partial charge in [-0.05, 0) is 55.7 Å². The van der Waals surface area contributed by atoms with Gasteiger partial charge in [-0.1, -0.05) is 41.4 Å².